The summed E-state index contributed by atoms with van der Waals surface area (Å²) in [6.07, 6.45) is 1.07. The minimum Gasteiger partial charge on any atom is -0.297 e. The van der Waals surface area contributed by atoms with E-state index in [9.17, 15) is 8.42 Å². The highest BCUT2D eigenvalue weighted by Gasteiger charge is 2.45. The smallest absolute Gasteiger partial charge is 0.153 e. The first-order valence-corrected chi connectivity index (χ1v) is 10.1. The number of hydrogen-bond donors (Lipinski definition) is 0. The first-order chi connectivity index (χ1) is 10.5. The quantitative estimate of drug-likeness (QED) is 0.839. The maximum absolute atomic E-state index is 12.1. The van der Waals surface area contributed by atoms with Crippen molar-refractivity contribution in [1.82, 2.24) is 9.80 Å². The minimum absolute atomic E-state index is 0.126. The highest BCUT2D eigenvalue weighted by atomic mass is 35.5. The topological polar surface area (TPSA) is 40.6 Å². The largest absolute Gasteiger partial charge is 0.297 e. The highest BCUT2D eigenvalue weighted by Crippen LogP contribution is 2.28. The average Bonchev–Trinajstić information content (AvgIpc) is 2.80. The van der Waals surface area contributed by atoms with Gasteiger partial charge in [0, 0.05) is 36.7 Å². The Morgan fingerprint density at radius 3 is 2.32 bits per heavy atom. The SMILES string of the molecule is CCCN1CCN(Cc2ccc(Cl)cc2)[C@@H]2CS(=O)(=O)C[C@@H]21. The predicted molar refractivity (Wildman–Crippen MR) is 90.0 cm³/mol. The minimum atomic E-state index is -2.92. The van der Waals surface area contributed by atoms with Gasteiger partial charge >= 0.3 is 0 Å². The average molecular weight is 343 g/mol. The van der Waals surface area contributed by atoms with Crippen LogP contribution in [0.25, 0.3) is 0 Å². The molecule has 2 aliphatic rings. The summed E-state index contributed by atoms with van der Waals surface area (Å²) in [6, 6.07) is 8.13. The summed E-state index contributed by atoms with van der Waals surface area (Å²) < 4.78 is 24.2. The second kappa shape index (κ2) is 6.48. The lowest BCUT2D eigenvalue weighted by atomic mass is 10.0. The van der Waals surface area contributed by atoms with Gasteiger partial charge < -0.3 is 0 Å². The van der Waals surface area contributed by atoms with E-state index in [1.807, 2.05) is 24.3 Å². The van der Waals surface area contributed by atoms with Crippen LogP contribution in [-0.2, 0) is 16.4 Å². The first kappa shape index (κ1) is 16.2. The Hall–Kier alpha value is -0.620. The molecule has 3 rings (SSSR count). The van der Waals surface area contributed by atoms with Crippen molar-refractivity contribution in [2.45, 2.75) is 32.0 Å². The molecule has 122 valence electrons. The van der Waals surface area contributed by atoms with Gasteiger partial charge in [-0.05, 0) is 30.7 Å². The van der Waals surface area contributed by atoms with Crippen molar-refractivity contribution in [2.75, 3.05) is 31.1 Å². The van der Waals surface area contributed by atoms with Gasteiger partial charge in [-0.25, -0.2) is 8.42 Å². The van der Waals surface area contributed by atoms with Crippen LogP contribution >= 0.6 is 11.6 Å². The number of benzene rings is 1. The molecule has 0 unspecified atom stereocenters. The molecule has 4 nitrogen and oxygen atoms in total. The van der Waals surface area contributed by atoms with Crippen molar-refractivity contribution in [3.63, 3.8) is 0 Å². The molecule has 22 heavy (non-hydrogen) atoms. The molecule has 2 saturated heterocycles. The van der Waals surface area contributed by atoms with Gasteiger partial charge in [0.05, 0.1) is 11.5 Å². The van der Waals surface area contributed by atoms with Gasteiger partial charge in [0.15, 0.2) is 9.84 Å². The molecule has 0 spiro atoms. The standard InChI is InChI=1S/C16H23ClN2O2S/c1-2-7-18-8-9-19(10-13-3-5-14(17)6-4-13)16-12-22(20,21)11-15(16)18/h3-6,15-16H,2,7-12H2,1H3/t15-,16+/m0/s1. The van der Waals surface area contributed by atoms with E-state index in [0.29, 0.717) is 11.5 Å². The van der Waals surface area contributed by atoms with Gasteiger partial charge in [0.25, 0.3) is 0 Å². The third-order valence-corrected chi connectivity index (χ3v) is 6.67. The molecule has 2 heterocycles. The van der Waals surface area contributed by atoms with Gasteiger partial charge in [-0.1, -0.05) is 30.7 Å². The Labute approximate surface area is 138 Å². The van der Waals surface area contributed by atoms with Crippen LogP contribution in [0.3, 0.4) is 0 Å². The molecule has 0 saturated carbocycles. The zero-order valence-corrected chi connectivity index (χ0v) is 14.5. The molecule has 6 heteroatoms. The fourth-order valence-electron chi connectivity index (χ4n) is 3.68. The molecular formula is C16H23ClN2O2S. The second-order valence-electron chi connectivity index (χ2n) is 6.34. The van der Waals surface area contributed by atoms with Crippen LogP contribution in [-0.4, -0.2) is 61.4 Å². The molecule has 0 N–H and O–H groups in total. The summed E-state index contributed by atoms with van der Waals surface area (Å²) in [5.74, 6) is 0.611. The van der Waals surface area contributed by atoms with E-state index in [1.165, 1.54) is 5.56 Å². The van der Waals surface area contributed by atoms with Crippen LogP contribution in [0.5, 0.6) is 0 Å². The third kappa shape index (κ3) is 3.48. The zero-order chi connectivity index (χ0) is 15.7. The molecule has 0 bridgehead atoms. The number of nitrogens with zero attached hydrogens (tertiary/aromatic N) is 2. The molecule has 1 aromatic rings. The van der Waals surface area contributed by atoms with E-state index < -0.39 is 9.84 Å². The lowest BCUT2D eigenvalue weighted by Crippen LogP contribution is -2.58. The lowest BCUT2D eigenvalue weighted by Gasteiger charge is -2.44. The Morgan fingerprint density at radius 1 is 1.09 bits per heavy atom. The molecule has 2 aliphatic heterocycles. The summed E-state index contributed by atoms with van der Waals surface area (Å²) in [7, 11) is -2.92. The molecule has 2 atom stereocenters. The van der Waals surface area contributed by atoms with Crippen LogP contribution < -0.4 is 0 Å². The maximum Gasteiger partial charge on any atom is 0.153 e. The van der Waals surface area contributed by atoms with Crippen LogP contribution in [0.4, 0.5) is 0 Å². The highest BCUT2D eigenvalue weighted by molar-refractivity contribution is 7.91. The number of fused-ring (bicyclic) bond motifs is 1. The lowest BCUT2D eigenvalue weighted by molar-refractivity contribution is 0.0405. The fourth-order valence-corrected chi connectivity index (χ4v) is 5.85. The summed E-state index contributed by atoms with van der Waals surface area (Å²) in [4.78, 5) is 4.71. The summed E-state index contributed by atoms with van der Waals surface area (Å²) in [6.45, 7) is 5.83. The Bertz CT molecular complexity index is 618. The molecular weight excluding hydrogens is 320 g/mol. The third-order valence-electron chi connectivity index (χ3n) is 4.72. The van der Waals surface area contributed by atoms with Crippen molar-refractivity contribution >= 4 is 21.4 Å². The van der Waals surface area contributed by atoms with Crippen LogP contribution in [0, 0.1) is 0 Å². The monoisotopic (exact) mass is 342 g/mol. The Morgan fingerprint density at radius 2 is 1.68 bits per heavy atom. The second-order valence-corrected chi connectivity index (χ2v) is 8.93. The van der Waals surface area contributed by atoms with Crippen molar-refractivity contribution < 1.29 is 8.42 Å². The van der Waals surface area contributed by atoms with Gasteiger partial charge in [0.1, 0.15) is 0 Å². The number of halogens is 1. The molecule has 0 radical (unpaired) electrons. The number of rotatable bonds is 4. The molecule has 0 aliphatic carbocycles. The van der Waals surface area contributed by atoms with Gasteiger partial charge in [0.2, 0.25) is 0 Å². The van der Waals surface area contributed by atoms with E-state index in [1.54, 1.807) is 0 Å². The zero-order valence-electron chi connectivity index (χ0n) is 12.9. The van der Waals surface area contributed by atoms with Gasteiger partial charge in [-0.3, -0.25) is 9.80 Å². The van der Waals surface area contributed by atoms with Crippen LogP contribution in [0.15, 0.2) is 24.3 Å². The van der Waals surface area contributed by atoms with Crippen molar-refractivity contribution in [1.29, 1.82) is 0 Å². The molecule has 2 fully saturated rings. The number of piperazine rings is 1. The van der Waals surface area contributed by atoms with Crippen LogP contribution in [0.1, 0.15) is 18.9 Å². The predicted octanol–water partition coefficient (Wildman–Crippen LogP) is 2.03. The first-order valence-electron chi connectivity index (χ1n) is 7.91. The fraction of sp³-hybridized carbons (Fsp3) is 0.625. The molecule has 1 aromatic carbocycles. The van der Waals surface area contributed by atoms with Gasteiger partial charge in [-0.15, -0.1) is 0 Å². The summed E-state index contributed by atoms with van der Waals surface area (Å²) in [5, 5.41) is 0.734. The van der Waals surface area contributed by atoms with E-state index >= 15 is 0 Å². The normalized spacial score (nSPS) is 28.6. The molecule has 0 amide bonds. The summed E-state index contributed by atoms with van der Waals surface area (Å²) in [5.41, 5.74) is 1.19. The Balaban J connectivity index is 1.77. The Kier molecular flexibility index (Phi) is 4.78. The van der Waals surface area contributed by atoms with E-state index in [4.69, 9.17) is 11.6 Å². The van der Waals surface area contributed by atoms with Crippen molar-refractivity contribution in [3.05, 3.63) is 34.9 Å². The van der Waals surface area contributed by atoms with Crippen LogP contribution in [0.2, 0.25) is 5.02 Å². The van der Waals surface area contributed by atoms with E-state index in [0.717, 1.165) is 37.6 Å². The molecule has 0 aromatic heterocycles. The van der Waals surface area contributed by atoms with Gasteiger partial charge in [-0.2, -0.15) is 0 Å². The van der Waals surface area contributed by atoms with Crippen molar-refractivity contribution in [3.8, 4) is 0 Å². The van der Waals surface area contributed by atoms with E-state index in [-0.39, 0.29) is 12.1 Å². The number of sulfone groups is 1. The maximum atomic E-state index is 12.1. The number of hydrogen-bond acceptors (Lipinski definition) is 4. The summed E-state index contributed by atoms with van der Waals surface area (Å²) >= 11 is 5.94. The van der Waals surface area contributed by atoms with Crippen molar-refractivity contribution in [2.24, 2.45) is 0 Å². The van der Waals surface area contributed by atoms with E-state index in [2.05, 4.69) is 16.7 Å².